The van der Waals surface area contributed by atoms with E-state index >= 15 is 0 Å². The Morgan fingerprint density at radius 1 is 1.10 bits per heavy atom. The Morgan fingerprint density at radius 3 is 2.37 bits per heavy atom. The molecular formula is C22H24FN2O5+. The number of nitrogens with two attached hydrogens (primary N) is 1. The van der Waals surface area contributed by atoms with Gasteiger partial charge in [0.05, 0.1) is 45.0 Å². The number of carbonyl (C=O) groups excluding carboxylic acids is 2. The molecule has 158 valence electrons. The van der Waals surface area contributed by atoms with Gasteiger partial charge in [0.25, 0.3) is 11.7 Å². The number of aliphatic hydroxyl groups excluding tert-OH is 2. The van der Waals surface area contributed by atoms with E-state index in [1.165, 1.54) is 36.3 Å². The van der Waals surface area contributed by atoms with Gasteiger partial charge in [-0.1, -0.05) is 12.1 Å². The van der Waals surface area contributed by atoms with Crippen molar-refractivity contribution in [2.75, 3.05) is 33.4 Å². The van der Waals surface area contributed by atoms with Gasteiger partial charge in [0.2, 0.25) is 0 Å². The lowest BCUT2D eigenvalue weighted by atomic mass is 9.95. The van der Waals surface area contributed by atoms with Gasteiger partial charge in [0, 0.05) is 5.56 Å². The van der Waals surface area contributed by atoms with Crippen LogP contribution in [0.5, 0.6) is 5.75 Å². The number of hydrogen-bond donors (Lipinski definition) is 3. The first-order chi connectivity index (χ1) is 14.5. The molecule has 2 aromatic rings. The van der Waals surface area contributed by atoms with Crippen molar-refractivity contribution in [3.63, 3.8) is 0 Å². The average Bonchev–Trinajstić information content (AvgIpc) is 3.01. The van der Waals surface area contributed by atoms with Gasteiger partial charge in [-0.05, 0) is 42.0 Å². The predicted molar refractivity (Wildman–Crippen MR) is 107 cm³/mol. The lowest BCUT2D eigenvalue weighted by Gasteiger charge is -2.24. The summed E-state index contributed by atoms with van der Waals surface area (Å²) in [5.74, 6) is -1.71. The van der Waals surface area contributed by atoms with Crippen LogP contribution in [-0.2, 0) is 9.59 Å². The lowest BCUT2D eigenvalue weighted by Crippen LogP contribution is -2.86. The molecule has 1 heterocycles. The molecule has 1 aliphatic heterocycles. The molecule has 7 nitrogen and oxygen atoms in total. The van der Waals surface area contributed by atoms with Crippen molar-refractivity contribution in [2.24, 2.45) is 0 Å². The number of aliphatic hydroxyl groups is 2. The summed E-state index contributed by atoms with van der Waals surface area (Å²) in [6.07, 6.45) is 0. The molecule has 0 spiro atoms. The zero-order valence-corrected chi connectivity index (χ0v) is 16.5. The van der Waals surface area contributed by atoms with Gasteiger partial charge in [-0.3, -0.25) is 9.59 Å². The van der Waals surface area contributed by atoms with Crippen LogP contribution in [0.4, 0.5) is 4.39 Å². The molecule has 1 saturated heterocycles. The zero-order valence-electron chi connectivity index (χ0n) is 16.5. The Balaban J connectivity index is 2.05. The second-order valence-corrected chi connectivity index (χ2v) is 6.86. The maximum absolute atomic E-state index is 13.3. The predicted octanol–water partition coefficient (Wildman–Crippen LogP) is 0.812. The van der Waals surface area contributed by atoms with Crippen molar-refractivity contribution in [2.45, 2.75) is 6.04 Å². The van der Waals surface area contributed by atoms with Crippen molar-refractivity contribution >= 4 is 17.4 Å². The van der Waals surface area contributed by atoms with Gasteiger partial charge < -0.3 is 25.2 Å². The molecule has 0 aliphatic carbocycles. The molecule has 1 amide bonds. The standard InChI is InChI=1S/C22H23FN2O5/c1-30-17-8-4-14(5-9-17)19-18(20(27)15-2-6-16(23)7-3-15)21(28)22(29)25(19)12-10-24-11-13-26/h2-9,19,24,26-27H,10-13H2,1H3/p+1/t19-/m0/s1. The molecule has 0 saturated carbocycles. The third-order valence-corrected chi connectivity index (χ3v) is 5.00. The number of amides is 1. The van der Waals surface area contributed by atoms with Gasteiger partial charge in [-0.15, -0.1) is 0 Å². The van der Waals surface area contributed by atoms with Crippen LogP contribution >= 0.6 is 0 Å². The van der Waals surface area contributed by atoms with Crippen LogP contribution < -0.4 is 10.1 Å². The van der Waals surface area contributed by atoms with Gasteiger partial charge in [-0.2, -0.15) is 0 Å². The van der Waals surface area contributed by atoms with E-state index in [-0.39, 0.29) is 30.0 Å². The van der Waals surface area contributed by atoms with E-state index in [1.807, 2.05) is 5.32 Å². The summed E-state index contributed by atoms with van der Waals surface area (Å²) in [6, 6.07) is 11.2. The van der Waals surface area contributed by atoms with Crippen LogP contribution in [0, 0.1) is 5.82 Å². The summed E-state index contributed by atoms with van der Waals surface area (Å²) < 4.78 is 18.5. The van der Waals surface area contributed by atoms with Gasteiger partial charge in [-0.25, -0.2) is 4.39 Å². The monoisotopic (exact) mass is 415 g/mol. The molecule has 1 aliphatic rings. The topological polar surface area (TPSA) is 104 Å². The van der Waals surface area contributed by atoms with Crippen LogP contribution in [0.25, 0.3) is 5.76 Å². The normalized spacial score (nSPS) is 18.1. The Morgan fingerprint density at radius 2 is 1.77 bits per heavy atom. The molecule has 8 heteroatoms. The summed E-state index contributed by atoms with van der Waals surface area (Å²) in [4.78, 5) is 27.0. The molecule has 1 atom stereocenters. The third-order valence-electron chi connectivity index (χ3n) is 5.00. The van der Waals surface area contributed by atoms with E-state index in [4.69, 9.17) is 9.84 Å². The molecule has 0 unspecified atom stereocenters. The number of likely N-dealkylation sites (tertiary alicyclic amines) is 1. The highest BCUT2D eigenvalue weighted by atomic mass is 19.1. The summed E-state index contributed by atoms with van der Waals surface area (Å²) in [5.41, 5.74) is 0.847. The zero-order chi connectivity index (χ0) is 21.7. The van der Waals surface area contributed by atoms with Gasteiger partial charge in [0.1, 0.15) is 17.3 Å². The fraction of sp³-hybridized carbons (Fsp3) is 0.273. The maximum atomic E-state index is 13.3. The summed E-state index contributed by atoms with van der Waals surface area (Å²) in [5, 5.41) is 21.6. The number of hydrogen-bond acceptors (Lipinski definition) is 5. The number of rotatable bonds is 8. The second-order valence-electron chi connectivity index (χ2n) is 6.86. The first kappa shape index (κ1) is 21.5. The Kier molecular flexibility index (Phi) is 6.81. The summed E-state index contributed by atoms with van der Waals surface area (Å²) in [7, 11) is 1.53. The lowest BCUT2D eigenvalue weighted by molar-refractivity contribution is -0.655. The summed E-state index contributed by atoms with van der Waals surface area (Å²) in [6.45, 7) is 1.22. The van der Waals surface area contributed by atoms with E-state index in [2.05, 4.69) is 0 Å². The molecule has 3 rings (SSSR count). The minimum atomic E-state index is -0.792. The molecule has 2 aromatic carbocycles. The van der Waals surface area contributed by atoms with Crippen molar-refractivity contribution in [1.29, 1.82) is 0 Å². The van der Waals surface area contributed by atoms with Crippen molar-refractivity contribution in [3.05, 3.63) is 71.0 Å². The molecule has 0 radical (unpaired) electrons. The minimum Gasteiger partial charge on any atom is -0.507 e. The van der Waals surface area contributed by atoms with Crippen LogP contribution in [0.3, 0.4) is 0 Å². The SMILES string of the molecule is COc1ccc([C@H]2C(=C(O)c3ccc(F)cc3)C(=O)C(=O)N2CC[NH2+]CCO)cc1. The highest BCUT2D eigenvalue weighted by Crippen LogP contribution is 2.39. The van der Waals surface area contributed by atoms with E-state index < -0.39 is 23.5 Å². The quantitative estimate of drug-likeness (QED) is 0.256. The van der Waals surface area contributed by atoms with Gasteiger partial charge in [0.15, 0.2) is 0 Å². The molecule has 0 bridgehead atoms. The minimum absolute atomic E-state index is 0.00525. The highest BCUT2D eigenvalue weighted by Gasteiger charge is 2.46. The van der Waals surface area contributed by atoms with E-state index in [0.717, 1.165) is 0 Å². The Bertz CT molecular complexity index is 941. The van der Waals surface area contributed by atoms with Crippen LogP contribution in [0.2, 0.25) is 0 Å². The molecule has 1 fully saturated rings. The van der Waals surface area contributed by atoms with Crippen LogP contribution in [0.15, 0.2) is 54.1 Å². The number of halogens is 1. The van der Waals surface area contributed by atoms with E-state index in [0.29, 0.717) is 24.4 Å². The molecular weight excluding hydrogens is 391 g/mol. The number of carbonyl (C=O) groups is 2. The number of methoxy groups -OCH3 is 1. The number of Topliss-reactive ketones (excluding diaryl/α,β-unsaturated/α-hetero) is 1. The maximum Gasteiger partial charge on any atom is 0.295 e. The first-order valence-electron chi connectivity index (χ1n) is 9.58. The second kappa shape index (κ2) is 9.51. The fourth-order valence-electron chi connectivity index (χ4n) is 3.47. The third kappa shape index (κ3) is 4.34. The molecule has 4 N–H and O–H groups in total. The van der Waals surface area contributed by atoms with Crippen LogP contribution in [-0.4, -0.2) is 60.2 Å². The summed E-state index contributed by atoms with van der Waals surface area (Å²) >= 11 is 0. The van der Waals surface area contributed by atoms with E-state index in [1.54, 1.807) is 24.3 Å². The largest absolute Gasteiger partial charge is 0.507 e. The van der Waals surface area contributed by atoms with Crippen LogP contribution in [0.1, 0.15) is 17.2 Å². The molecule has 0 aromatic heterocycles. The van der Waals surface area contributed by atoms with Crippen molar-refractivity contribution in [3.8, 4) is 5.75 Å². The van der Waals surface area contributed by atoms with Crippen molar-refractivity contribution < 1.29 is 34.2 Å². The highest BCUT2D eigenvalue weighted by molar-refractivity contribution is 6.46. The number of benzene rings is 2. The van der Waals surface area contributed by atoms with Gasteiger partial charge >= 0.3 is 0 Å². The molecule has 30 heavy (non-hydrogen) atoms. The van der Waals surface area contributed by atoms with Crippen molar-refractivity contribution in [1.82, 2.24) is 4.90 Å². The Labute approximate surface area is 173 Å². The first-order valence-corrected chi connectivity index (χ1v) is 9.58. The van der Waals surface area contributed by atoms with E-state index in [9.17, 15) is 19.1 Å². The Hall–Kier alpha value is -3.23. The number of ketones is 1. The average molecular weight is 415 g/mol. The number of nitrogens with zero attached hydrogens (tertiary/aromatic N) is 1. The fourth-order valence-corrected chi connectivity index (χ4v) is 3.47. The smallest absolute Gasteiger partial charge is 0.295 e. The number of quaternary nitrogens is 1. The number of ether oxygens (including phenoxy) is 1.